The van der Waals surface area contributed by atoms with Crippen molar-refractivity contribution in [3.63, 3.8) is 0 Å². The van der Waals surface area contributed by atoms with E-state index >= 15 is 0 Å². The van der Waals surface area contributed by atoms with Crippen LogP contribution in [0.5, 0.6) is 0 Å². The highest BCUT2D eigenvalue weighted by molar-refractivity contribution is 7.69. The molecule has 0 bridgehead atoms. The lowest BCUT2D eigenvalue weighted by molar-refractivity contribution is 0.156. The Balaban J connectivity index is 2.39. The first kappa shape index (κ1) is 9.95. The Kier molecular flexibility index (Phi) is 3.49. The monoisotopic (exact) mass is 192 g/mol. The lowest BCUT2D eigenvalue weighted by Gasteiger charge is -2.33. The maximum atomic E-state index is 10.6. The lowest BCUT2D eigenvalue weighted by Crippen LogP contribution is -2.48. The summed E-state index contributed by atoms with van der Waals surface area (Å²) in [5, 5.41) is 0. The Hall–Kier alpha value is -0.130. The molecule has 0 radical (unpaired) electrons. The number of hydrogen-bond acceptors (Lipinski definition) is 3. The molecule has 1 aliphatic heterocycles. The van der Waals surface area contributed by atoms with E-state index in [-0.39, 0.29) is 0 Å². The molecule has 0 aromatic carbocycles. The summed E-state index contributed by atoms with van der Waals surface area (Å²) in [4.78, 5) is 2.29. The first-order valence-corrected chi connectivity index (χ1v) is 5.37. The minimum atomic E-state index is -2.35. The molecule has 0 aromatic heterocycles. The normalized spacial score (nSPS) is 22.3. The Labute approximate surface area is 75.2 Å². The molecule has 1 heterocycles. The first-order valence-electron chi connectivity index (χ1n) is 4.24. The maximum Gasteiger partial charge on any atom is 0.204 e. The van der Waals surface area contributed by atoms with Gasteiger partial charge < -0.3 is 0 Å². The molecule has 0 N–H and O–H groups in total. The van der Waals surface area contributed by atoms with Crippen LogP contribution in [0.4, 0.5) is 0 Å². The van der Waals surface area contributed by atoms with E-state index in [1.807, 2.05) is 0 Å². The summed E-state index contributed by atoms with van der Waals surface area (Å²) in [6.45, 7) is 7.29. The Morgan fingerprint density at radius 3 is 1.92 bits per heavy atom. The third kappa shape index (κ3) is 2.43. The third-order valence-corrected chi connectivity index (χ3v) is 3.11. The summed E-state index contributed by atoms with van der Waals surface area (Å²) >= 11 is 0. The van der Waals surface area contributed by atoms with Crippen molar-refractivity contribution in [2.75, 3.05) is 26.2 Å². The van der Waals surface area contributed by atoms with Gasteiger partial charge in [-0.05, 0) is 13.8 Å². The van der Waals surface area contributed by atoms with Gasteiger partial charge in [0.15, 0.2) is 0 Å². The Morgan fingerprint density at radius 2 is 1.58 bits per heavy atom. The molecule has 5 heteroatoms. The average molecular weight is 192 g/mol. The molecule has 0 amide bonds. The zero-order valence-corrected chi connectivity index (χ0v) is 8.46. The molecular formula is C7H16N2O2S. The van der Waals surface area contributed by atoms with Crippen LogP contribution in [0.25, 0.3) is 0 Å². The Bertz CT molecular complexity index is 199. The topological polar surface area (TPSA) is 40.6 Å². The second-order valence-corrected chi connectivity index (χ2v) is 4.36. The molecule has 0 spiro atoms. The summed E-state index contributed by atoms with van der Waals surface area (Å²) in [7, 11) is -2.35. The highest BCUT2D eigenvalue weighted by atomic mass is 32.2. The van der Waals surface area contributed by atoms with Crippen LogP contribution in [0.1, 0.15) is 13.8 Å². The summed E-state index contributed by atoms with van der Waals surface area (Å²) in [6, 6.07) is 0.525. The van der Waals surface area contributed by atoms with Crippen molar-refractivity contribution in [3.05, 3.63) is 0 Å². The van der Waals surface area contributed by atoms with E-state index < -0.39 is 10.9 Å². The van der Waals surface area contributed by atoms with Gasteiger partial charge in [-0.25, -0.2) is 12.7 Å². The summed E-state index contributed by atoms with van der Waals surface area (Å²) in [5.74, 6) is 0. The average Bonchev–Trinajstić information content (AvgIpc) is 2.04. The van der Waals surface area contributed by atoms with Gasteiger partial charge in [-0.2, -0.15) is 0 Å². The summed E-state index contributed by atoms with van der Waals surface area (Å²) < 4.78 is 22.7. The van der Waals surface area contributed by atoms with Crippen LogP contribution in [0.2, 0.25) is 0 Å². The van der Waals surface area contributed by atoms with Crippen molar-refractivity contribution in [3.8, 4) is 0 Å². The number of thiol groups is 1. The fourth-order valence-electron chi connectivity index (χ4n) is 1.39. The van der Waals surface area contributed by atoms with Crippen LogP contribution in [0, 0.1) is 0 Å². The second-order valence-electron chi connectivity index (χ2n) is 3.32. The van der Waals surface area contributed by atoms with Crippen LogP contribution < -0.4 is 0 Å². The summed E-state index contributed by atoms with van der Waals surface area (Å²) in [5.41, 5.74) is 0. The van der Waals surface area contributed by atoms with E-state index in [9.17, 15) is 8.42 Å². The van der Waals surface area contributed by atoms with Crippen LogP contribution in [-0.4, -0.2) is 49.8 Å². The minimum absolute atomic E-state index is 0.525. The van der Waals surface area contributed by atoms with Crippen molar-refractivity contribution in [2.24, 2.45) is 0 Å². The zero-order chi connectivity index (χ0) is 9.14. The fourth-order valence-corrected chi connectivity index (χ4v) is 1.90. The number of piperazine rings is 1. The molecule has 1 aliphatic rings. The van der Waals surface area contributed by atoms with Crippen LogP contribution in [-0.2, 0) is 10.9 Å². The molecule has 0 aliphatic carbocycles. The van der Waals surface area contributed by atoms with E-state index in [4.69, 9.17) is 0 Å². The molecule has 1 fully saturated rings. The van der Waals surface area contributed by atoms with Gasteiger partial charge in [0.2, 0.25) is 10.9 Å². The molecule has 0 atom stereocenters. The van der Waals surface area contributed by atoms with Crippen molar-refractivity contribution >= 4 is 10.9 Å². The fraction of sp³-hybridized carbons (Fsp3) is 1.00. The third-order valence-electron chi connectivity index (χ3n) is 2.25. The molecule has 0 aromatic rings. The van der Waals surface area contributed by atoms with Crippen molar-refractivity contribution in [1.82, 2.24) is 9.21 Å². The molecule has 0 unspecified atom stereocenters. The van der Waals surface area contributed by atoms with E-state index in [0.717, 1.165) is 13.1 Å². The van der Waals surface area contributed by atoms with Crippen LogP contribution in [0.15, 0.2) is 0 Å². The smallest absolute Gasteiger partial charge is 0.204 e. The SMILES string of the molecule is CC(C)N1CCN([SH](=O)=O)CC1. The predicted octanol–water partition coefficient (Wildman–Crippen LogP) is -0.461. The van der Waals surface area contributed by atoms with Gasteiger partial charge in [0, 0.05) is 32.2 Å². The highest BCUT2D eigenvalue weighted by Gasteiger charge is 2.19. The molecule has 12 heavy (non-hydrogen) atoms. The van der Waals surface area contributed by atoms with Gasteiger partial charge >= 0.3 is 0 Å². The van der Waals surface area contributed by atoms with E-state index in [0.29, 0.717) is 19.1 Å². The van der Waals surface area contributed by atoms with Gasteiger partial charge in [-0.3, -0.25) is 4.90 Å². The molecule has 4 nitrogen and oxygen atoms in total. The second kappa shape index (κ2) is 4.20. The summed E-state index contributed by atoms with van der Waals surface area (Å²) in [6.07, 6.45) is 0. The van der Waals surface area contributed by atoms with Crippen molar-refractivity contribution < 1.29 is 8.42 Å². The molecular weight excluding hydrogens is 176 g/mol. The van der Waals surface area contributed by atoms with Crippen LogP contribution in [0.3, 0.4) is 0 Å². The standard InChI is InChI=1S/C7H16N2O2S/c1-7(2)8-3-5-9(6-4-8)12(10)11/h7,12H,3-6H2,1-2H3. The number of hydrogen-bond donors (Lipinski definition) is 1. The van der Waals surface area contributed by atoms with Gasteiger partial charge in [-0.15, -0.1) is 0 Å². The lowest BCUT2D eigenvalue weighted by atomic mass is 10.3. The quantitative estimate of drug-likeness (QED) is 0.602. The van der Waals surface area contributed by atoms with Gasteiger partial charge in [-0.1, -0.05) is 0 Å². The van der Waals surface area contributed by atoms with Crippen molar-refractivity contribution in [2.45, 2.75) is 19.9 Å². The van der Waals surface area contributed by atoms with E-state index in [1.165, 1.54) is 4.31 Å². The molecule has 72 valence electrons. The largest absolute Gasteiger partial charge is 0.298 e. The molecule has 1 rings (SSSR count). The molecule has 1 saturated heterocycles. The number of rotatable bonds is 2. The Morgan fingerprint density at radius 1 is 1.08 bits per heavy atom. The molecule has 0 saturated carbocycles. The van der Waals surface area contributed by atoms with Gasteiger partial charge in [0.05, 0.1) is 0 Å². The van der Waals surface area contributed by atoms with Crippen molar-refractivity contribution in [1.29, 1.82) is 0 Å². The van der Waals surface area contributed by atoms with E-state index in [1.54, 1.807) is 0 Å². The van der Waals surface area contributed by atoms with Gasteiger partial charge in [0.25, 0.3) is 0 Å². The van der Waals surface area contributed by atoms with Crippen LogP contribution >= 0.6 is 0 Å². The van der Waals surface area contributed by atoms with E-state index in [2.05, 4.69) is 18.7 Å². The zero-order valence-electron chi connectivity index (χ0n) is 7.56. The predicted molar refractivity (Wildman–Crippen MR) is 48.6 cm³/mol. The number of nitrogens with zero attached hydrogens (tertiary/aromatic N) is 2. The highest BCUT2D eigenvalue weighted by Crippen LogP contribution is 2.04. The van der Waals surface area contributed by atoms with Gasteiger partial charge in [0.1, 0.15) is 0 Å². The first-order chi connectivity index (χ1) is 5.61. The maximum absolute atomic E-state index is 10.6. The minimum Gasteiger partial charge on any atom is -0.298 e.